The van der Waals surface area contributed by atoms with Gasteiger partial charge in [0.1, 0.15) is 6.04 Å². The van der Waals surface area contributed by atoms with E-state index in [1.807, 2.05) is 33.0 Å². The van der Waals surface area contributed by atoms with E-state index in [4.69, 9.17) is 6.42 Å². The summed E-state index contributed by atoms with van der Waals surface area (Å²) in [7, 11) is 5.82. The third-order valence-corrected chi connectivity index (χ3v) is 3.21. The third kappa shape index (κ3) is 3.62. The fraction of sp³-hybridized carbons (Fsp3) is 0.769. The number of hydrogen-bond donors (Lipinski definition) is 1. The monoisotopic (exact) mass is 252 g/mol. The molecule has 2 atom stereocenters. The highest BCUT2D eigenvalue weighted by Gasteiger charge is 2.32. The van der Waals surface area contributed by atoms with Crippen molar-refractivity contribution in [3.05, 3.63) is 0 Å². The van der Waals surface area contributed by atoms with Crippen LogP contribution in [0.1, 0.15) is 6.92 Å². The highest BCUT2D eigenvalue weighted by atomic mass is 16.2. The molecule has 1 aliphatic rings. The van der Waals surface area contributed by atoms with E-state index >= 15 is 0 Å². The number of nitrogens with one attached hydrogen (secondary N) is 1. The van der Waals surface area contributed by atoms with E-state index in [9.17, 15) is 4.79 Å². The van der Waals surface area contributed by atoms with Crippen LogP contribution in [0.2, 0.25) is 0 Å². The Morgan fingerprint density at radius 3 is 2.61 bits per heavy atom. The molecule has 0 bridgehead atoms. The summed E-state index contributed by atoms with van der Waals surface area (Å²) in [4.78, 5) is 18.0. The normalized spacial score (nSPS) is 23.9. The van der Waals surface area contributed by atoms with E-state index in [-0.39, 0.29) is 18.1 Å². The van der Waals surface area contributed by atoms with Crippen molar-refractivity contribution >= 4 is 6.03 Å². The average Bonchev–Trinajstić information content (AvgIpc) is 2.34. The number of terminal acetylenes is 1. The molecule has 0 aliphatic carbocycles. The molecule has 0 aromatic heterocycles. The van der Waals surface area contributed by atoms with Crippen LogP contribution in [0, 0.1) is 12.3 Å². The molecule has 2 amide bonds. The first kappa shape index (κ1) is 14.8. The number of amides is 2. The summed E-state index contributed by atoms with van der Waals surface area (Å²) in [6.45, 7) is 5.05. The zero-order valence-electron chi connectivity index (χ0n) is 11.8. The average molecular weight is 252 g/mol. The first-order chi connectivity index (χ1) is 8.47. The Labute approximate surface area is 110 Å². The molecule has 1 rings (SSSR count). The SMILES string of the molecule is C#C[C@H]1CNC[C@H](C)N1C(=O)N(C)CCN(C)C. The highest BCUT2D eigenvalue weighted by molar-refractivity contribution is 5.75. The molecule has 1 saturated heterocycles. The van der Waals surface area contributed by atoms with Crippen LogP contribution < -0.4 is 5.32 Å². The van der Waals surface area contributed by atoms with Gasteiger partial charge in [0, 0.05) is 39.3 Å². The van der Waals surface area contributed by atoms with Crippen molar-refractivity contribution in [3.63, 3.8) is 0 Å². The summed E-state index contributed by atoms with van der Waals surface area (Å²) in [6.07, 6.45) is 5.51. The predicted octanol–water partition coefficient (Wildman–Crippen LogP) is -0.105. The lowest BCUT2D eigenvalue weighted by Gasteiger charge is -2.40. The third-order valence-electron chi connectivity index (χ3n) is 3.21. The lowest BCUT2D eigenvalue weighted by Crippen LogP contribution is -2.60. The van der Waals surface area contributed by atoms with Gasteiger partial charge in [-0.3, -0.25) is 0 Å². The smallest absolute Gasteiger partial charge is 0.321 e. The second-order valence-electron chi connectivity index (χ2n) is 5.10. The standard InChI is InChI=1S/C13H24N4O/c1-6-12-10-14-9-11(2)17(12)13(18)16(5)8-7-15(3)4/h1,11-12,14H,7-10H2,2-5H3/t11-,12-/m0/s1. The Morgan fingerprint density at radius 1 is 1.39 bits per heavy atom. The quantitative estimate of drug-likeness (QED) is 0.713. The number of hydrogen-bond acceptors (Lipinski definition) is 3. The van der Waals surface area contributed by atoms with Crippen molar-refractivity contribution in [1.29, 1.82) is 0 Å². The number of nitrogens with zero attached hydrogens (tertiary/aromatic N) is 3. The van der Waals surface area contributed by atoms with Crippen molar-refractivity contribution in [2.45, 2.75) is 19.0 Å². The Bertz CT molecular complexity index is 323. The summed E-state index contributed by atoms with van der Waals surface area (Å²) in [6, 6.07) is 0.00552. The lowest BCUT2D eigenvalue weighted by molar-refractivity contribution is 0.115. The summed E-state index contributed by atoms with van der Waals surface area (Å²) >= 11 is 0. The number of piperazine rings is 1. The van der Waals surface area contributed by atoms with E-state index in [0.717, 1.165) is 13.1 Å². The van der Waals surface area contributed by atoms with Gasteiger partial charge in [0.25, 0.3) is 0 Å². The Hall–Kier alpha value is -1.25. The molecule has 18 heavy (non-hydrogen) atoms. The van der Waals surface area contributed by atoms with Gasteiger partial charge in [-0.25, -0.2) is 4.79 Å². The van der Waals surface area contributed by atoms with Crippen LogP contribution in [0.15, 0.2) is 0 Å². The largest absolute Gasteiger partial charge is 0.326 e. The molecule has 0 aromatic carbocycles. The van der Waals surface area contributed by atoms with Gasteiger partial charge >= 0.3 is 6.03 Å². The van der Waals surface area contributed by atoms with Crippen molar-refractivity contribution < 1.29 is 4.79 Å². The fourth-order valence-electron chi connectivity index (χ4n) is 2.04. The number of rotatable bonds is 3. The van der Waals surface area contributed by atoms with Crippen molar-refractivity contribution in [2.75, 3.05) is 47.3 Å². The number of carbonyl (C=O) groups excluding carboxylic acids is 1. The van der Waals surface area contributed by atoms with Gasteiger partial charge in [0.15, 0.2) is 0 Å². The van der Waals surface area contributed by atoms with E-state index in [0.29, 0.717) is 13.1 Å². The summed E-state index contributed by atoms with van der Waals surface area (Å²) in [5, 5.41) is 3.25. The Balaban J connectivity index is 2.65. The van der Waals surface area contributed by atoms with Crippen LogP contribution in [-0.4, -0.2) is 80.1 Å². The van der Waals surface area contributed by atoms with Gasteiger partial charge in [0.2, 0.25) is 0 Å². The molecule has 1 aliphatic heterocycles. The molecule has 0 spiro atoms. The molecule has 1 fully saturated rings. The molecule has 0 saturated carbocycles. The van der Waals surface area contributed by atoms with Crippen LogP contribution in [0.5, 0.6) is 0 Å². The van der Waals surface area contributed by atoms with E-state index < -0.39 is 0 Å². The van der Waals surface area contributed by atoms with Gasteiger partial charge in [-0.1, -0.05) is 5.92 Å². The topological polar surface area (TPSA) is 38.8 Å². The van der Waals surface area contributed by atoms with E-state index in [2.05, 4.69) is 16.1 Å². The molecule has 5 nitrogen and oxygen atoms in total. The Morgan fingerprint density at radius 2 is 2.06 bits per heavy atom. The summed E-state index contributed by atoms with van der Waals surface area (Å²) < 4.78 is 0. The first-order valence-electron chi connectivity index (χ1n) is 6.32. The van der Waals surface area contributed by atoms with Crippen LogP contribution in [0.4, 0.5) is 4.79 Å². The maximum Gasteiger partial charge on any atom is 0.321 e. The zero-order chi connectivity index (χ0) is 13.7. The number of carbonyl (C=O) groups is 1. The van der Waals surface area contributed by atoms with Gasteiger partial charge in [-0.15, -0.1) is 6.42 Å². The van der Waals surface area contributed by atoms with Crippen molar-refractivity contribution in [2.24, 2.45) is 0 Å². The second-order valence-corrected chi connectivity index (χ2v) is 5.10. The maximum atomic E-state index is 12.4. The second kappa shape index (κ2) is 6.62. The van der Waals surface area contributed by atoms with Crippen LogP contribution in [0.25, 0.3) is 0 Å². The molecular formula is C13H24N4O. The van der Waals surface area contributed by atoms with Crippen molar-refractivity contribution in [3.8, 4) is 12.3 Å². The molecular weight excluding hydrogens is 228 g/mol. The van der Waals surface area contributed by atoms with E-state index in [1.165, 1.54) is 0 Å². The summed E-state index contributed by atoms with van der Waals surface area (Å²) in [5.41, 5.74) is 0. The fourth-order valence-corrected chi connectivity index (χ4v) is 2.04. The molecule has 5 heteroatoms. The molecule has 0 radical (unpaired) electrons. The van der Waals surface area contributed by atoms with Crippen LogP contribution in [0.3, 0.4) is 0 Å². The van der Waals surface area contributed by atoms with Crippen molar-refractivity contribution in [1.82, 2.24) is 20.0 Å². The van der Waals surface area contributed by atoms with Crippen LogP contribution >= 0.6 is 0 Å². The minimum atomic E-state index is -0.150. The molecule has 0 aromatic rings. The van der Waals surface area contributed by atoms with Gasteiger partial charge < -0.3 is 20.0 Å². The minimum Gasteiger partial charge on any atom is -0.326 e. The molecule has 0 unspecified atom stereocenters. The van der Waals surface area contributed by atoms with Crippen LogP contribution in [-0.2, 0) is 0 Å². The molecule has 1 N–H and O–H groups in total. The van der Waals surface area contributed by atoms with E-state index in [1.54, 1.807) is 4.90 Å². The predicted molar refractivity (Wildman–Crippen MR) is 73.4 cm³/mol. The molecule has 102 valence electrons. The number of likely N-dealkylation sites (N-methyl/N-ethyl adjacent to an activating group) is 2. The zero-order valence-corrected chi connectivity index (χ0v) is 11.8. The van der Waals surface area contributed by atoms with Gasteiger partial charge in [0.05, 0.1) is 0 Å². The lowest BCUT2D eigenvalue weighted by atomic mass is 10.1. The Kier molecular flexibility index (Phi) is 5.45. The van der Waals surface area contributed by atoms with Gasteiger partial charge in [-0.2, -0.15) is 0 Å². The number of urea groups is 1. The molecule has 1 heterocycles. The van der Waals surface area contributed by atoms with Gasteiger partial charge in [-0.05, 0) is 21.0 Å². The highest BCUT2D eigenvalue weighted by Crippen LogP contribution is 2.12. The minimum absolute atomic E-state index is 0.0220. The maximum absolute atomic E-state index is 12.4. The summed E-state index contributed by atoms with van der Waals surface area (Å²) in [5.74, 6) is 2.69. The first-order valence-corrected chi connectivity index (χ1v) is 6.32.